The van der Waals surface area contributed by atoms with E-state index < -0.39 is 0 Å². The Balaban J connectivity index is 3.05. The molecule has 1 heterocycles. The van der Waals surface area contributed by atoms with Crippen LogP contribution in [0.3, 0.4) is 0 Å². The Morgan fingerprint density at radius 2 is 2.00 bits per heavy atom. The zero-order valence-corrected chi connectivity index (χ0v) is 8.39. The molecule has 0 spiro atoms. The summed E-state index contributed by atoms with van der Waals surface area (Å²) < 4.78 is 2.07. The first kappa shape index (κ1) is 9.30. The molecule has 2 nitrogen and oxygen atoms in total. The smallest absolute Gasteiger partial charge is 0.116 e. The van der Waals surface area contributed by atoms with Crippen LogP contribution in [-0.2, 0) is 12.8 Å². The summed E-state index contributed by atoms with van der Waals surface area (Å²) in [6.45, 7) is 8.62. The first-order chi connectivity index (χ1) is 5.70. The number of hydrogen-bond donors (Lipinski definition) is 0. The van der Waals surface area contributed by atoms with Crippen LogP contribution in [-0.4, -0.2) is 9.78 Å². The molecule has 0 aliphatic carbocycles. The maximum atomic E-state index is 4.25. The van der Waals surface area contributed by atoms with Crippen LogP contribution in [0.15, 0.2) is 0 Å². The average Bonchev–Trinajstić information content (AvgIpc) is 2.46. The molecule has 0 unspecified atom stereocenters. The molecule has 2 heteroatoms. The number of rotatable bonds is 3. The van der Waals surface area contributed by atoms with Crippen LogP contribution in [0.2, 0.25) is 0 Å². The quantitative estimate of drug-likeness (QED) is 0.672. The Bertz CT molecular complexity index is 248. The van der Waals surface area contributed by atoms with E-state index in [9.17, 15) is 0 Å². The molecule has 1 radical (unpaired) electrons. The van der Waals surface area contributed by atoms with Gasteiger partial charge in [-0.05, 0) is 26.7 Å². The van der Waals surface area contributed by atoms with Gasteiger partial charge in [-0.3, -0.25) is 4.68 Å². The third-order valence-electron chi connectivity index (χ3n) is 2.10. The molecule has 0 bridgehead atoms. The summed E-state index contributed by atoms with van der Waals surface area (Å²) in [4.78, 5) is 0. The van der Waals surface area contributed by atoms with Gasteiger partial charge in [0.1, 0.15) is 6.20 Å². The zero-order valence-electron chi connectivity index (χ0n) is 8.39. The van der Waals surface area contributed by atoms with Crippen molar-refractivity contribution < 1.29 is 0 Å². The minimum atomic E-state index is 0.455. The van der Waals surface area contributed by atoms with E-state index in [0.717, 1.165) is 12.8 Å². The molecule has 0 aliphatic heterocycles. The van der Waals surface area contributed by atoms with Crippen LogP contribution in [0.5, 0.6) is 0 Å². The van der Waals surface area contributed by atoms with Crippen LogP contribution in [0.4, 0.5) is 0 Å². The first-order valence-electron chi connectivity index (χ1n) is 4.68. The molecule has 0 saturated carbocycles. The van der Waals surface area contributed by atoms with Crippen molar-refractivity contribution in [2.75, 3.05) is 0 Å². The minimum absolute atomic E-state index is 0.455. The molecule has 0 aromatic carbocycles. The van der Waals surface area contributed by atoms with Crippen LogP contribution in [0.25, 0.3) is 0 Å². The number of aryl methyl sites for hydroxylation is 1. The van der Waals surface area contributed by atoms with Crippen LogP contribution < -0.4 is 0 Å². The summed E-state index contributed by atoms with van der Waals surface area (Å²) in [6, 6.07) is 0.455. The molecule has 0 atom stereocenters. The molecule has 12 heavy (non-hydrogen) atoms. The molecule has 67 valence electrons. The van der Waals surface area contributed by atoms with E-state index >= 15 is 0 Å². The van der Waals surface area contributed by atoms with Gasteiger partial charge in [0.15, 0.2) is 0 Å². The summed E-state index contributed by atoms with van der Waals surface area (Å²) in [5, 5.41) is 4.25. The normalized spacial score (nSPS) is 11.1. The molecule has 0 amide bonds. The lowest BCUT2D eigenvalue weighted by molar-refractivity contribution is 0.510. The zero-order chi connectivity index (χ0) is 9.14. The van der Waals surface area contributed by atoms with Gasteiger partial charge in [0.05, 0.1) is 0 Å². The van der Waals surface area contributed by atoms with Gasteiger partial charge in [0.25, 0.3) is 0 Å². The highest BCUT2D eigenvalue weighted by Crippen LogP contribution is 2.14. The van der Waals surface area contributed by atoms with Gasteiger partial charge in [0.2, 0.25) is 0 Å². The summed E-state index contributed by atoms with van der Waals surface area (Å²) >= 11 is 0. The highest BCUT2D eigenvalue weighted by molar-refractivity contribution is 5.16. The van der Waals surface area contributed by atoms with Crippen LogP contribution in [0, 0.1) is 6.20 Å². The predicted molar refractivity (Wildman–Crippen MR) is 50.2 cm³/mol. The summed E-state index contributed by atoms with van der Waals surface area (Å²) in [5.74, 6) is 0. The van der Waals surface area contributed by atoms with Crippen molar-refractivity contribution >= 4 is 0 Å². The van der Waals surface area contributed by atoms with Gasteiger partial charge in [-0.2, -0.15) is 5.10 Å². The SMILES string of the molecule is CCc1[c]nn(C(C)C)c1CC. The van der Waals surface area contributed by atoms with Gasteiger partial charge in [0, 0.05) is 17.3 Å². The fraction of sp³-hybridized carbons (Fsp3) is 0.700. The fourth-order valence-electron chi connectivity index (χ4n) is 1.46. The van der Waals surface area contributed by atoms with E-state index in [1.807, 2.05) is 0 Å². The summed E-state index contributed by atoms with van der Waals surface area (Å²) in [6.07, 6.45) is 5.16. The fourth-order valence-corrected chi connectivity index (χ4v) is 1.46. The number of nitrogens with zero attached hydrogens (tertiary/aromatic N) is 2. The maximum absolute atomic E-state index is 4.25. The largest absolute Gasteiger partial charge is 0.266 e. The molecule has 0 N–H and O–H groups in total. The van der Waals surface area contributed by atoms with Crippen LogP contribution in [0.1, 0.15) is 45.0 Å². The summed E-state index contributed by atoms with van der Waals surface area (Å²) in [5.41, 5.74) is 2.61. The monoisotopic (exact) mass is 165 g/mol. The standard InChI is InChI=1S/C10H17N2/c1-5-9-7-11-12(8(3)4)10(9)6-2/h8H,5-6H2,1-4H3. The van der Waals surface area contributed by atoms with Crippen molar-refractivity contribution in [1.82, 2.24) is 9.78 Å². The second-order valence-electron chi connectivity index (χ2n) is 3.28. The van der Waals surface area contributed by atoms with Crippen molar-refractivity contribution in [1.29, 1.82) is 0 Å². The van der Waals surface area contributed by atoms with Gasteiger partial charge in [-0.25, -0.2) is 0 Å². The number of hydrogen-bond acceptors (Lipinski definition) is 1. The maximum Gasteiger partial charge on any atom is 0.116 e. The molecular formula is C10H17N2. The highest BCUT2D eigenvalue weighted by Gasteiger charge is 2.09. The van der Waals surface area contributed by atoms with Crippen molar-refractivity contribution in [2.24, 2.45) is 0 Å². The van der Waals surface area contributed by atoms with Gasteiger partial charge >= 0.3 is 0 Å². The lowest BCUT2D eigenvalue weighted by Crippen LogP contribution is -2.07. The first-order valence-corrected chi connectivity index (χ1v) is 4.68. The van der Waals surface area contributed by atoms with E-state index in [-0.39, 0.29) is 0 Å². The van der Waals surface area contributed by atoms with Gasteiger partial charge in [-0.15, -0.1) is 0 Å². The lowest BCUT2D eigenvalue weighted by Gasteiger charge is -2.10. The average molecular weight is 165 g/mol. The molecule has 0 fully saturated rings. The van der Waals surface area contributed by atoms with Crippen molar-refractivity contribution in [3.63, 3.8) is 0 Å². The van der Waals surface area contributed by atoms with E-state index in [1.165, 1.54) is 11.3 Å². The van der Waals surface area contributed by atoms with Gasteiger partial charge < -0.3 is 0 Å². The summed E-state index contributed by atoms with van der Waals surface area (Å²) in [7, 11) is 0. The Morgan fingerprint density at radius 3 is 2.42 bits per heavy atom. The molecular weight excluding hydrogens is 148 g/mol. The Labute approximate surface area is 74.6 Å². The van der Waals surface area contributed by atoms with E-state index in [1.54, 1.807) is 0 Å². The Hall–Kier alpha value is -0.790. The van der Waals surface area contributed by atoms with Crippen molar-refractivity contribution in [3.05, 3.63) is 17.5 Å². The van der Waals surface area contributed by atoms with E-state index in [4.69, 9.17) is 0 Å². The molecule has 1 rings (SSSR count). The molecule has 1 aromatic heterocycles. The van der Waals surface area contributed by atoms with Crippen molar-refractivity contribution in [3.8, 4) is 0 Å². The number of aromatic nitrogens is 2. The second-order valence-corrected chi connectivity index (χ2v) is 3.28. The van der Waals surface area contributed by atoms with E-state index in [2.05, 4.69) is 43.7 Å². The van der Waals surface area contributed by atoms with E-state index in [0.29, 0.717) is 6.04 Å². The topological polar surface area (TPSA) is 17.8 Å². The van der Waals surface area contributed by atoms with Gasteiger partial charge in [-0.1, -0.05) is 13.8 Å². The van der Waals surface area contributed by atoms with Crippen LogP contribution >= 0.6 is 0 Å². The minimum Gasteiger partial charge on any atom is -0.266 e. The predicted octanol–water partition coefficient (Wildman–Crippen LogP) is 2.39. The molecule has 0 aliphatic rings. The second kappa shape index (κ2) is 3.74. The molecule has 0 saturated heterocycles. The molecule has 1 aromatic rings. The Kier molecular flexibility index (Phi) is 2.90. The van der Waals surface area contributed by atoms with Crippen molar-refractivity contribution in [2.45, 2.75) is 46.6 Å². The lowest BCUT2D eigenvalue weighted by atomic mass is 10.1. The highest BCUT2D eigenvalue weighted by atomic mass is 15.3. The third kappa shape index (κ3) is 1.52. The Morgan fingerprint density at radius 1 is 1.33 bits per heavy atom. The third-order valence-corrected chi connectivity index (χ3v) is 2.10.